The van der Waals surface area contributed by atoms with E-state index < -0.39 is 52.5 Å². The molecule has 398 valence electrons. The Morgan fingerprint density at radius 2 is 1.61 bits per heavy atom. The van der Waals surface area contributed by atoms with Gasteiger partial charge >= 0.3 is 0 Å². The van der Waals surface area contributed by atoms with Crippen LogP contribution in [-0.2, 0) is 27.0 Å². The summed E-state index contributed by atoms with van der Waals surface area (Å²) < 4.78 is 78.5. The summed E-state index contributed by atoms with van der Waals surface area (Å²) >= 11 is 6.78. The van der Waals surface area contributed by atoms with E-state index in [1.807, 2.05) is 42.2 Å². The molecule has 1 aromatic heterocycles. The number of nitrogens with zero attached hydrogens (tertiary/aromatic N) is 4. The lowest BCUT2D eigenvalue weighted by atomic mass is 9.77. The number of aryl methyl sites for hydroxylation is 1. The van der Waals surface area contributed by atoms with Gasteiger partial charge in [0.05, 0.1) is 28.8 Å². The summed E-state index contributed by atoms with van der Waals surface area (Å²) in [5.41, 5.74) is 0.202. The second-order valence-corrected chi connectivity index (χ2v) is 21.2. The van der Waals surface area contributed by atoms with Crippen LogP contribution in [0.4, 0.5) is 17.6 Å². The first-order chi connectivity index (χ1) is 36.1. The van der Waals surface area contributed by atoms with E-state index in [2.05, 4.69) is 25.9 Å². The van der Waals surface area contributed by atoms with Gasteiger partial charge in [0.25, 0.3) is 5.91 Å². The van der Waals surface area contributed by atoms with E-state index in [0.717, 1.165) is 31.2 Å². The van der Waals surface area contributed by atoms with Crippen LogP contribution in [0.5, 0.6) is 11.5 Å². The fourth-order valence-electron chi connectivity index (χ4n) is 12.7. The van der Waals surface area contributed by atoms with Crippen molar-refractivity contribution in [3.05, 3.63) is 111 Å². The summed E-state index contributed by atoms with van der Waals surface area (Å²) in [6.45, 7) is 4.20. The molecule has 4 N–H and O–H groups in total. The van der Waals surface area contributed by atoms with Gasteiger partial charge in [-0.05, 0) is 101 Å². The van der Waals surface area contributed by atoms with Gasteiger partial charge in [-0.15, -0.1) is 0 Å². The fraction of sp³-hybridized carbons (Fsp3) is 0.482. The monoisotopic (exact) mass is 1060 g/mol. The van der Waals surface area contributed by atoms with E-state index in [1.54, 1.807) is 7.05 Å². The largest absolute Gasteiger partial charge is 0.488 e. The number of rotatable bonds is 13. The van der Waals surface area contributed by atoms with Crippen molar-refractivity contribution in [2.24, 2.45) is 13.0 Å². The second-order valence-electron chi connectivity index (χ2n) is 20.8. The first kappa shape index (κ1) is 52.4. The molecule has 3 atom stereocenters. The van der Waals surface area contributed by atoms with Gasteiger partial charge in [-0.25, -0.2) is 17.6 Å². The van der Waals surface area contributed by atoms with Gasteiger partial charge in [-0.1, -0.05) is 48.9 Å². The molecule has 4 aromatic carbocycles. The molecule has 1 saturated carbocycles. The lowest BCUT2D eigenvalue weighted by Crippen LogP contribution is -2.51. The molecule has 1 aliphatic carbocycles. The van der Waals surface area contributed by atoms with Crippen molar-refractivity contribution >= 4 is 46.1 Å². The highest BCUT2D eigenvalue weighted by molar-refractivity contribution is 6.34. The van der Waals surface area contributed by atoms with Crippen LogP contribution in [0.3, 0.4) is 0 Å². The third kappa shape index (κ3) is 9.65. The number of amides is 4. The Labute approximate surface area is 437 Å². The summed E-state index contributed by atoms with van der Waals surface area (Å²) in [5.74, 6) is -6.32. The second kappa shape index (κ2) is 21.5. The van der Waals surface area contributed by atoms with Crippen molar-refractivity contribution in [2.75, 3.05) is 53.0 Å². The Morgan fingerprint density at radius 1 is 0.893 bits per heavy atom. The molecule has 0 radical (unpaired) electrons. The van der Waals surface area contributed by atoms with E-state index in [1.165, 1.54) is 36.0 Å². The topological polar surface area (TPSA) is 167 Å². The molecule has 5 aromatic rings. The highest BCUT2D eigenvalue weighted by Crippen LogP contribution is 2.57. The fourth-order valence-corrected chi connectivity index (χ4v) is 12.9. The SMILES string of the molecule is CNC(=O)c1ccc(OCCO)c(F)c1-c1c(Cl)c(F)cc2c1[C@H](C)[C@@](CNC1CCC(C(=O)N3CCC(N4CCC(c5c(F)cc6c(C7CCC(=O)NC7=O)nn(C)c6c5F)CC4)CC3)CC1)(c1ccccc1)O2. The summed E-state index contributed by atoms with van der Waals surface area (Å²) in [5, 5.41) is 22.3. The number of likely N-dealkylation sites (tertiary alicyclic amines) is 2. The summed E-state index contributed by atoms with van der Waals surface area (Å²) in [6.07, 6.45) is 5.96. The van der Waals surface area contributed by atoms with Crippen LogP contribution in [0.1, 0.15) is 122 Å². The maximum atomic E-state index is 16.6. The van der Waals surface area contributed by atoms with Gasteiger partial charge < -0.3 is 35.0 Å². The first-order valence-electron chi connectivity index (χ1n) is 26.1. The number of halogens is 5. The zero-order chi connectivity index (χ0) is 52.9. The molecule has 0 bridgehead atoms. The van der Waals surface area contributed by atoms with Crippen molar-refractivity contribution in [1.29, 1.82) is 0 Å². The van der Waals surface area contributed by atoms with Gasteiger partial charge in [0, 0.05) is 97.8 Å². The van der Waals surface area contributed by atoms with Gasteiger partial charge in [0.15, 0.2) is 23.0 Å². The van der Waals surface area contributed by atoms with E-state index >= 15 is 17.6 Å². The van der Waals surface area contributed by atoms with Crippen LogP contribution in [0, 0.1) is 29.2 Å². The number of carbonyl (C=O) groups excluding carboxylic acids is 4. The summed E-state index contributed by atoms with van der Waals surface area (Å²) in [4.78, 5) is 56.1. The Balaban J connectivity index is 0.762. The molecule has 10 rings (SSSR count). The molecule has 4 fully saturated rings. The number of aliphatic hydroxyl groups is 1. The van der Waals surface area contributed by atoms with Crippen molar-refractivity contribution in [2.45, 2.75) is 107 Å². The molecule has 75 heavy (non-hydrogen) atoms. The van der Waals surface area contributed by atoms with Crippen molar-refractivity contribution in [3.8, 4) is 22.6 Å². The number of ether oxygens (including phenoxy) is 2. The lowest BCUT2D eigenvalue weighted by Gasteiger charge is -2.43. The van der Waals surface area contributed by atoms with Crippen molar-refractivity contribution in [3.63, 3.8) is 0 Å². The number of hydrogen-bond acceptors (Lipinski definition) is 10. The molecule has 19 heteroatoms. The third-order valence-electron chi connectivity index (χ3n) is 16.7. The standard InChI is InChI=1S/C56H62ClF4N7O7/c1-30-44-42(28-40(59)48(57)47(44)46-36(53(71)62-2)13-15-41(49(46)60)74-26-25-69)75-56(30,33-7-5-4-6-8-33)29-63-34-11-9-32(10-12-34)55(73)68-23-19-35(20-24-68)67-21-17-31(18-22-67)45-39(58)27-38-51(65-66(3)52(38)50(45)61)37-14-16-43(70)64-54(37)72/h4-8,13,15,27-28,30-32,34-35,37,63,69H,9-12,14,16-26,29H2,1-3H3,(H,62,71)(H,64,70,72)/t30-,32?,34?,37?,56-/m0/s1. The van der Waals surface area contributed by atoms with Gasteiger partial charge in [-0.2, -0.15) is 5.10 Å². The molecule has 5 heterocycles. The minimum atomic E-state index is -1.12. The smallest absolute Gasteiger partial charge is 0.251 e. The van der Waals surface area contributed by atoms with Crippen LogP contribution < -0.4 is 25.4 Å². The van der Waals surface area contributed by atoms with E-state index in [-0.39, 0.29) is 124 Å². The first-order valence-corrected chi connectivity index (χ1v) is 26.5. The van der Waals surface area contributed by atoms with E-state index in [9.17, 15) is 24.3 Å². The van der Waals surface area contributed by atoms with Crippen LogP contribution in [0.2, 0.25) is 5.02 Å². The molecular formula is C56H62ClF4N7O7. The highest BCUT2D eigenvalue weighted by Gasteiger charge is 2.50. The van der Waals surface area contributed by atoms with Gasteiger partial charge in [0.2, 0.25) is 17.7 Å². The Kier molecular flexibility index (Phi) is 15.0. The number of imide groups is 1. The van der Waals surface area contributed by atoms with Gasteiger partial charge in [0.1, 0.15) is 29.5 Å². The molecule has 0 spiro atoms. The van der Waals surface area contributed by atoms with Crippen LogP contribution in [0.25, 0.3) is 22.0 Å². The summed E-state index contributed by atoms with van der Waals surface area (Å²) in [7, 11) is 2.99. The van der Waals surface area contributed by atoms with Gasteiger partial charge in [-0.3, -0.25) is 29.2 Å². The molecular weight excluding hydrogens is 994 g/mol. The zero-order valence-corrected chi connectivity index (χ0v) is 43.0. The third-order valence-corrected chi connectivity index (χ3v) is 17.1. The van der Waals surface area contributed by atoms with Crippen molar-refractivity contribution in [1.82, 2.24) is 35.5 Å². The Morgan fingerprint density at radius 3 is 2.29 bits per heavy atom. The molecule has 5 aliphatic rings. The molecule has 1 unspecified atom stereocenters. The lowest BCUT2D eigenvalue weighted by molar-refractivity contribution is -0.138. The number of aromatic nitrogens is 2. The van der Waals surface area contributed by atoms with E-state index in [4.69, 9.17) is 21.1 Å². The predicted molar refractivity (Wildman–Crippen MR) is 273 cm³/mol. The average molecular weight is 1060 g/mol. The average Bonchev–Trinajstić information content (AvgIpc) is 3.90. The summed E-state index contributed by atoms with van der Waals surface area (Å²) in [6, 6.07) is 15.0. The quantitative estimate of drug-likeness (QED) is 0.0669. The number of nitrogens with one attached hydrogen (secondary N) is 3. The Hall–Kier alpha value is -6.08. The minimum Gasteiger partial charge on any atom is -0.488 e. The molecule has 14 nitrogen and oxygen atoms in total. The normalized spacial score (nSPS) is 23.8. The number of hydrogen-bond donors (Lipinski definition) is 4. The predicted octanol–water partition coefficient (Wildman–Crippen LogP) is 8.11. The molecule has 3 saturated heterocycles. The Bertz CT molecular complexity index is 3030. The van der Waals surface area contributed by atoms with E-state index in [0.29, 0.717) is 57.4 Å². The minimum absolute atomic E-state index is 0.0238. The maximum Gasteiger partial charge on any atom is 0.251 e. The van der Waals surface area contributed by atoms with Crippen molar-refractivity contribution < 1.29 is 51.3 Å². The maximum absolute atomic E-state index is 16.6. The van der Waals surface area contributed by atoms with Crippen LogP contribution in [-0.4, -0.2) is 113 Å². The van der Waals surface area contributed by atoms with Crippen LogP contribution >= 0.6 is 11.6 Å². The molecule has 4 aliphatic heterocycles. The number of aliphatic hydroxyl groups excluding tert-OH is 1. The van der Waals surface area contributed by atoms with Crippen LogP contribution in [0.15, 0.2) is 54.6 Å². The number of fused-ring (bicyclic) bond motifs is 2. The number of carbonyl (C=O) groups is 4. The number of piperidine rings is 3. The molecule has 4 amide bonds. The number of benzene rings is 4. The highest BCUT2D eigenvalue weighted by atomic mass is 35.5. The zero-order valence-electron chi connectivity index (χ0n) is 42.3.